The van der Waals surface area contributed by atoms with Gasteiger partial charge in [0, 0.05) is 11.4 Å². The summed E-state index contributed by atoms with van der Waals surface area (Å²) in [5.74, 6) is 2.26. The van der Waals surface area contributed by atoms with Gasteiger partial charge in [0.05, 0.1) is 6.04 Å². The number of fused-ring (bicyclic) bond motifs is 1. The highest BCUT2D eigenvalue weighted by Crippen LogP contribution is 2.29. The van der Waals surface area contributed by atoms with Crippen LogP contribution in [0.2, 0.25) is 0 Å². The fourth-order valence-electron chi connectivity index (χ4n) is 2.49. The van der Waals surface area contributed by atoms with Gasteiger partial charge in [0.25, 0.3) is 0 Å². The Morgan fingerprint density at radius 2 is 2.00 bits per heavy atom. The molecule has 1 heterocycles. The number of nitrogens with one attached hydrogen (secondary N) is 1. The Morgan fingerprint density at radius 3 is 2.68 bits per heavy atom. The molecule has 0 saturated heterocycles. The van der Waals surface area contributed by atoms with Crippen molar-refractivity contribution in [2.24, 2.45) is 0 Å². The fraction of sp³-hybridized carbons (Fsp3) is 0.500. The number of furan rings is 1. The highest BCUT2D eigenvalue weighted by Gasteiger charge is 2.17. The first-order valence-corrected chi connectivity index (χ1v) is 8.26. The molecular formula is C16H23NOS. The minimum atomic E-state index is 0.254. The molecule has 0 amide bonds. The van der Waals surface area contributed by atoms with Crippen LogP contribution in [0, 0.1) is 6.92 Å². The maximum absolute atomic E-state index is 6.00. The summed E-state index contributed by atoms with van der Waals surface area (Å²) in [7, 11) is 0. The van der Waals surface area contributed by atoms with Crippen molar-refractivity contribution < 1.29 is 4.42 Å². The van der Waals surface area contributed by atoms with Crippen molar-refractivity contribution in [3.8, 4) is 0 Å². The van der Waals surface area contributed by atoms with Crippen LogP contribution in [0.5, 0.6) is 0 Å². The van der Waals surface area contributed by atoms with Gasteiger partial charge in [-0.3, -0.25) is 0 Å². The molecule has 3 heteroatoms. The van der Waals surface area contributed by atoms with E-state index in [1.165, 1.54) is 23.1 Å². The van der Waals surface area contributed by atoms with E-state index in [4.69, 9.17) is 4.42 Å². The second-order valence-corrected chi connectivity index (χ2v) is 6.14. The molecule has 0 spiro atoms. The molecule has 0 aliphatic heterocycles. The van der Waals surface area contributed by atoms with Gasteiger partial charge in [0.15, 0.2) is 0 Å². The molecule has 0 aliphatic carbocycles. The first-order chi connectivity index (χ1) is 9.13. The van der Waals surface area contributed by atoms with Crippen LogP contribution in [0.1, 0.15) is 37.6 Å². The van der Waals surface area contributed by atoms with Crippen LogP contribution in [0.4, 0.5) is 0 Å². The molecular weight excluding hydrogens is 254 g/mol. The average molecular weight is 277 g/mol. The Labute approximate surface area is 119 Å². The maximum Gasteiger partial charge on any atom is 0.134 e. The van der Waals surface area contributed by atoms with Crippen LogP contribution in [-0.2, 0) is 0 Å². The summed E-state index contributed by atoms with van der Waals surface area (Å²) < 4.78 is 6.00. The van der Waals surface area contributed by atoms with Crippen LogP contribution in [0.3, 0.4) is 0 Å². The van der Waals surface area contributed by atoms with Crippen molar-refractivity contribution in [1.82, 2.24) is 5.32 Å². The van der Waals surface area contributed by atoms with Crippen LogP contribution in [0.25, 0.3) is 11.0 Å². The summed E-state index contributed by atoms with van der Waals surface area (Å²) >= 11 is 1.90. The van der Waals surface area contributed by atoms with Gasteiger partial charge in [0.1, 0.15) is 11.3 Å². The third-order valence-corrected chi connectivity index (χ3v) is 4.21. The zero-order valence-electron chi connectivity index (χ0n) is 12.2. The zero-order valence-corrected chi connectivity index (χ0v) is 13.0. The second-order valence-electron chi connectivity index (χ2n) is 5.16. The Kier molecular flexibility index (Phi) is 4.94. The van der Waals surface area contributed by atoms with E-state index in [9.17, 15) is 0 Å². The monoisotopic (exact) mass is 277 g/mol. The Balaban J connectivity index is 2.12. The summed E-state index contributed by atoms with van der Waals surface area (Å²) in [4.78, 5) is 0. The molecule has 2 aromatic rings. The van der Waals surface area contributed by atoms with Crippen LogP contribution in [0.15, 0.2) is 28.7 Å². The maximum atomic E-state index is 6.00. The first kappa shape index (κ1) is 14.5. The second kappa shape index (κ2) is 6.49. The van der Waals surface area contributed by atoms with Crippen LogP contribution < -0.4 is 5.32 Å². The normalized spacial score (nSPS) is 14.7. The third-order valence-electron chi connectivity index (χ3n) is 3.56. The lowest BCUT2D eigenvalue weighted by atomic mass is 10.1. The summed E-state index contributed by atoms with van der Waals surface area (Å²) in [5, 5.41) is 4.85. The highest BCUT2D eigenvalue weighted by atomic mass is 32.2. The van der Waals surface area contributed by atoms with Crippen LogP contribution in [-0.4, -0.2) is 18.1 Å². The molecule has 2 unspecified atom stereocenters. The summed E-state index contributed by atoms with van der Waals surface area (Å²) in [6, 6.07) is 9.01. The number of rotatable bonds is 6. The van der Waals surface area contributed by atoms with Gasteiger partial charge < -0.3 is 9.73 Å². The molecule has 0 aliphatic rings. The van der Waals surface area contributed by atoms with Crippen molar-refractivity contribution in [3.05, 3.63) is 35.6 Å². The Hall–Kier alpha value is -0.930. The molecule has 0 radical (unpaired) electrons. The molecule has 2 atom stereocenters. The lowest BCUT2D eigenvalue weighted by Crippen LogP contribution is -2.29. The third kappa shape index (κ3) is 3.34. The average Bonchev–Trinajstić information content (AvgIpc) is 2.74. The molecule has 19 heavy (non-hydrogen) atoms. The van der Waals surface area contributed by atoms with Gasteiger partial charge in [-0.1, -0.05) is 18.2 Å². The standard InChI is InChI=1S/C16H23NOS/c1-11(9-10-19-4)17-13(3)16-12(2)14-7-5-6-8-15(14)18-16/h5-8,11,13,17H,9-10H2,1-4H3. The van der Waals surface area contributed by atoms with E-state index in [0.717, 1.165) is 11.3 Å². The van der Waals surface area contributed by atoms with Gasteiger partial charge >= 0.3 is 0 Å². The van der Waals surface area contributed by atoms with E-state index in [-0.39, 0.29) is 6.04 Å². The van der Waals surface area contributed by atoms with Crippen molar-refractivity contribution in [1.29, 1.82) is 0 Å². The molecule has 1 aromatic carbocycles. The zero-order chi connectivity index (χ0) is 13.8. The van der Waals surface area contributed by atoms with Crippen molar-refractivity contribution >= 4 is 22.7 Å². The number of hydrogen-bond donors (Lipinski definition) is 1. The van der Waals surface area contributed by atoms with Crippen molar-refractivity contribution in [2.75, 3.05) is 12.0 Å². The number of aryl methyl sites for hydroxylation is 1. The Morgan fingerprint density at radius 1 is 1.26 bits per heavy atom. The molecule has 1 aromatic heterocycles. The quantitative estimate of drug-likeness (QED) is 0.839. The van der Waals surface area contributed by atoms with E-state index in [2.05, 4.69) is 44.5 Å². The highest BCUT2D eigenvalue weighted by molar-refractivity contribution is 7.98. The van der Waals surface area contributed by atoms with E-state index >= 15 is 0 Å². The van der Waals surface area contributed by atoms with Crippen molar-refractivity contribution in [3.63, 3.8) is 0 Å². The smallest absolute Gasteiger partial charge is 0.134 e. The molecule has 0 fully saturated rings. The number of hydrogen-bond acceptors (Lipinski definition) is 3. The topological polar surface area (TPSA) is 25.2 Å². The fourth-order valence-corrected chi connectivity index (χ4v) is 3.08. The summed E-state index contributed by atoms with van der Waals surface area (Å²) in [5.41, 5.74) is 2.24. The molecule has 1 N–H and O–H groups in total. The van der Waals surface area contributed by atoms with E-state index in [1.807, 2.05) is 23.9 Å². The first-order valence-electron chi connectivity index (χ1n) is 6.86. The van der Waals surface area contributed by atoms with Gasteiger partial charge in [-0.2, -0.15) is 11.8 Å². The predicted molar refractivity (Wildman–Crippen MR) is 85.0 cm³/mol. The summed E-state index contributed by atoms with van der Waals surface area (Å²) in [6.45, 7) is 6.57. The molecule has 0 saturated carbocycles. The molecule has 0 bridgehead atoms. The van der Waals surface area contributed by atoms with E-state index in [0.29, 0.717) is 6.04 Å². The van der Waals surface area contributed by atoms with Crippen molar-refractivity contribution in [2.45, 2.75) is 39.3 Å². The van der Waals surface area contributed by atoms with Gasteiger partial charge in [-0.15, -0.1) is 0 Å². The lowest BCUT2D eigenvalue weighted by molar-refractivity contribution is 0.405. The number of thioether (sulfide) groups is 1. The van der Waals surface area contributed by atoms with Gasteiger partial charge in [0.2, 0.25) is 0 Å². The van der Waals surface area contributed by atoms with Gasteiger partial charge in [-0.05, 0) is 50.8 Å². The van der Waals surface area contributed by atoms with E-state index in [1.54, 1.807) is 0 Å². The predicted octanol–water partition coefficient (Wildman–Crippen LogP) is 4.53. The minimum Gasteiger partial charge on any atom is -0.459 e. The molecule has 2 nitrogen and oxygen atoms in total. The number of benzene rings is 1. The Bertz CT molecular complexity index is 535. The molecule has 2 rings (SSSR count). The van der Waals surface area contributed by atoms with Crippen LogP contribution >= 0.6 is 11.8 Å². The van der Waals surface area contributed by atoms with E-state index < -0.39 is 0 Å². The minimum absolute atomic E-state index is 0.254. The summed E-state index contributed by atoms with van der Waals surface area (Å²) in [6.07, 6.45) is 3.34. The largest absolute Gasteiger partial charge is 0.459 e. The lowest BCUT2D eigenvalue weighted by Gasteiger charge is -2.18. The molecule has 104 valence electrons. The SMILES string of the molecule is CSCCC(C)NC(C)c1oc2ccccc2c1C. The van der Waals surface area contributed by atoms with Gasteiger partial charge in [-0.25, -0.2) is 0 Å². The number of para-hydroxylation sites is 1.